The minimum Gasteiger partial charge on any atom is -0.481 e. The van der Waals surface area contributed by atoms with E-state index in [1.54, 1.807) is 25.4 Å². The average Bonchev–Trinajstić information content (AvgIpc) is 2.40. The second-order valence-electron chi connectivity index (χ2n) is 3.93. The topological polar surface area (TPSA) is 65.2 Å². The Kier molecular flexibility index (Phi) is 3.57. The minimum absolute atomic E-state index is 0.484. The highest BCUT2D eigenvalue weighted by molar-refractivity contribution is 5.78. The first-order valence-corrected chi connectivity index (χ1v) is 5.63. The molecule has 18 heavy (non-hydrogen) atoms. The Hall–Kier alpha value is -2.36. The Balaban J connectivity index is 2.23. The van der Waals surface area contributed by atoms with Crippen LogP contribution in [0.3, 0.4) is 0 Å². The van der Waals surface area contributed by atoms with Crippen molar-refractivity contribution in [2.75, 3.05) is 0 Å². The van der Waals surface area contributed by atoms with E-state index in [0.717, 1.165) is 11.1 Å². The first kappa shape index (κ1) is 12.1. The Bertz CT molecular complexity index is 541. The van der Waals surface area contributed by atoms with Crippen molar-refractivity contribution in [1.82, 2.24) is 4.98 Å². The third-order valence-electron chi connectivity index (χ3n) is 2.54. The van der Waals surface area contributed by atoms with Gasteiger partial charge in [0.05, 0.1) is 0 Å². The molecule has 1 aromatic carbocycles. The van der Waals surface area contributed by atoms with E-state index in [1.165, 1.54) is 0 Å². The third-order valence-corrected chi connectivity index (χ3v) is 2.54. The van der Waals surface area contributed by atoms with Gasteiger partial charge in [-0.15, -0.1) is 0 Å². The van der Waals surface area contributed by atoms with Gasteiger partial charge in [-0.05, 0) is 30.7 Å². The van der Waals surface area contributed by atoms with Crippen molar-refractivity contribution in [2.45, 2.75) is 13.0 Å². The van der Waals surface area contributed by atoms with Crippen LogP contribution >= 0.6 is 0 Å². The second-order valence-corrected chi connectivity index (χ2v) is 3.93. The van der Waals surface area contributed by atoms with Crippen LogP contribution in [-0.4, -0.2) is 17.0 Å². The molecule has 1 heterocycles. The van der Waals surface area contributed by atoms with Crippen molar-refractivity contribution in [2.24, 2.45) is 5.73 Å². The molecule has 2 N–H and O–H groups in total. The maximum Gasteiger partial charge on any atom is 0.258 e. The van der Waals surface area contributed by atoms with Gasteiger partial charge in [-0.2, -0.15) is 0 Å². The van der Waals surface area contributed by atoms with Crippen LogP contribution in [0.4, 0.5) is 0 Å². The number of rotatable bonds is 4. The van der Waals surface area contributed by atoms with Crippen LogP contribution in [-0.2, 0) is 4.79 Å². The maximum absolute atomic E-state index is 10.9. The van der Waals surface area contributed by atoms with E-state index >= 15 is 0 Å². The van der Waals surface area contributed by atoms with Crippen molar-refractivity contribution in [1.29, 1.82) is 0 Å². The summed E-state index contributed by atoms with van der Waals surface area (Å²) in [4.78, 5) is 15.0. The molecule has 2 aromatic rings. The zero-order valence-electron chi connectivity index (χ0n) is 10.0. The Morgan fingerprint density at radius 1 is 1.28 bits per heavy atom. The van der Waals surface area contributed by atoms with E-state index in [1.807, 2.05) is 30.3 Å². The number of primary amides is 1. The number of amides is 1. The SMILES string of the molecule is CC(Oc1cccc(-c2cccnc2)c1)C(N)=O. The van der Waals surface area contributed by atoms with E-state index in [-0.39, 0.29) is 0 Å². The first-order valence-electron chi connectivity index (χ1n) is 5.63. The summed E-state index contributed by atoms with van der Waals surface area (Å²) in [5.74, 6) is 0.129. The van der Waals surface area contributed by atoms with Gasteiger partial charge >= 0.3 is 0 Å². The van der Waals surface area contributed by atoms with Crippen molar-refractivity contribution >= 4 is 5.91 Å². The van der Waals surface area contributed by atoms with Crippen LogP contribution in [0.1, 0.15) is 6.92 Å². The van der Waals surface area contributed by atoms with E-state index in [4.69, 9.17) is 10.5 Å². The number of carbonyl (C=O) groups is 1. The van der Waals surface area contributed by atoms with E-state index in [0.29, 0.717) is 5.75 Å². The molecule has 1 amide bonds. The molecule has 1 unspecified atom stereocenters. The standard InChI is InChI=1S/C14H14N2O2/c1-10(14(15)17)18-13-6-2-4-11(8-13)12-5-3-7-16-9-12/h2-10H,1H3,(H2,15,17). The quantitative estimate of drug-likeness (QED) is 0.891. The summed E-state index contributed by atoms with van der Waals surface area (Å²) >= 11 is 0. The van der Waals surface area contributed by atoms with Crippen molar-refractivity contribution in [3.05, 3.63) is 48.8 Å². The number of hydrogen-bond acceptors (Lipinski definition) is 3. The van der Waals surface area contributed by atoms with Gasteiger partial charge in [-0.1, -0.05) is 18.2 Å². The maximum atomic E-state index is 10.9. The summed E-state index contributed by atoms with van der Waals surface area (Å²) in [6, 6.07) is 11.3. The Morgan fingerprint density at radius 2 is 2.06 bits per heavy atom. The molecule has 0 aliphatic carbocycles. The highest BCUT2D eigenvalue weighted by atomic mass is 16.5. The first-order chi connectivity index (χ1) is 8.66. The molecule has 4 nitrogen and oxygen atoms in total. The number of ether oxygens (including phenoxy) is 1. The minimum atomic E-state index is -0.644. The molecule has 0 aliphatic rings. The van der Waals surface area contributed by atoms with Crippen LogP contribution in [0.5, 0.6) is 5.75 Å². The third kappa shape index (κ3) is 2.85. The highest BCUT2D eigenvalue weighted by Gasteiger charge is 2.10. The van der Waals surface area contributed by atoms with Crippen LogP contribution in [0, 0.1) is 0 Å². The molecule has 0 bridgehead atoms. The van der Waals surface area contributed by atoms with E-state index < -0.39 is 12.0 Å². The molecule has 4 heteroatoms. The van der Waals surface area contributed by atoms with Crippen LogP contribution in [0.15, 0.2) is 48.8 Å². The fourth-order valence-corrected chi connectivity index (χ4v) is 1.54. The number of pyridine rings is 1. The summed E-state index contributed by atoms with van der Waals surface area (Å²) in [6.45, 7) is 1.62. The van der Waals surface area contributed by atoms with Gasteiger partial charge in [-0.3, -0.25) is 9.78 Å². The Labute approximate surface area is 105 Å². The molecule has 0 radical (unpaired) electrons. The van der Waals surface area contributed by atoms with Crippen LogP contribution in [0.2, 0.25) is 0 Å². The van der Waals surface area contributed by atoms with Crippen LogP contribution < -0.4 is 10.5 Å². The molecule has 0 saturated carbocycles. The number of hydrogen-bond donors (Lipinski definition) is 1. The lowest BCUT2D eigenvalue weighted by molar-refractivity contribution is -0.123. The summed E-state index contributed by atoms with van der Waals surface area (Å²) in [7, 11) is 0. The predicted octanol–water partition coefficient (Wildman–Crippen LogP) is 2.00. The number of nitrogens with two attached hydrogens (primary N) is 1. The molecular weight excluding hydrogens is 228 g/mol. The Morgan fingerprint density at radius 3 is 2.72 bits per heavy atom. The molecule has 2 rings (SSSR count). The zero-order valence-corrected chi connectivity index (χ0v) is 10.0. The lowest BCUT2D eigenvalue weighted by atomic mass is 10.1. The molecule has 0 saturated heterocycles. The molecule has 92 valence electrons. The van der Waals surface area contributed by atoms with Gasteiger partial charge in [0.15, 0.2) is 6.10 Å². The van der Waals surface area contributed by atoms with E-state index in [2.05, 4.69) is 4.98 Å². The monoisotopic (exact) mass is 242 g/mol. The number of carbonyl (C=O) groups excluding carboxylic acids is 1. The number of aromatic nitrogens is 1. The predicted molar refractivity (Wildman–Crippen MR) is 69.0 cm³/mol. The molecule has 0 spiro atoms. The normalized spacial score (nSPS) is 11.8. The fraction of sp³-hybridized carbons (Fsp3) is 0.143. The van der Waals surface area contributed by atoms with Gasteiger partial charge in [-0.25, -0.2) is 0 Å². The molecule has 0 aliphatic heterocycles. The van der Waals surface area contributed by atoms with Crippen LogP contribution in [0.25, 0.3) is 11.1 Å². The second kappa shape index (κ2) is 5.31. The number of nitrogens with zero attached hydrogens (tertiary/aromatic N) is 1. The summed E-state index contributed by atoms with van der Waals surface area (Å²) in [5.41, 5.74) is 7.14. The lowest BCUT2D eigenvalue weighted by Crippen LogP contribution is -2.30. The smallest absolute Gasteiger partial charge is 0.258 e. The van der Waals surface area contributed by atoms with Crippen molar-refractivity contribution in [3.63, 3.8) is 0 Å². The van der Waals surface area contributed by atoms with Crippen molar-refractivity contribution < 1.29 is 9.53 Å². The van der Waals surface area contributed by atoms with Gasteiger partial charge in [0.2, 0.25) is 0 Å². The summed E-state index contributed by atoms with van der Waals surface area (Å²) in [5, 5.41) is 0. The molecule has 1 aromatic heterocycles. The molecule has 1 atom stereocenters. The highest BCUT2D eigenvalue weighted by Crippen LogP contribution is 2.23. The fourth-order valence-electron chi connectivity index (χ4n) is 1.54. The van der Waals surface area contributed by atoms with E-state index in [9.17, 15) is 4.79 Å². The van der Waals surface area contributed by atoms with Gasteiger partial charge < -0.3 is 10.5 Å². The van der Waals surface area contributed by atoms with Crippen molar-refractivity contribution in [3.8, 4) is 16.9 Å². The zero-order chi connectivity index (χ0) is 13.0. The average molecular weight is 242 g/mol. The van der Waals surface area contributed by atoms with Gasteiger partial charge in [0, 0.05) is 18.0 Å². The molecule has 0 fully saturated rings. The number of benzene rings is 1. The van der Waals surface area contributed by atoms with Gasteiger partial charge in [0.1, 0.15) is 5.75 Å². The summed E-state index contributed by atoms with van der Waals surface area (Å²) in [6.07, 6.45) is 2.85. The largest absolute Gasteiger partial charge is 0.481 e. The van der Waals surface area contributed by atoms with Gasteiger partial charge in [0.25, 0.3) is 5.91 Å². The molecular formula is C14H14N2O2. The summed E-state index contributed by atoms with van der Waals surface area (Å²) < 4.78 is 5.44. The lowest BCUT2D eigenvalue weighted by Gasteiger charge is -2.12.